The van der Waals surface area contributed by atoms with Gasteiger partial charge in [-0.1, -0.05) is 30.3 Å². The molecule has 2 aliphatic heterocycles. The number of carbonyl (C=O) groups is 3. The van der Waals surface area contributed by atoms with Gasteiger partial charge in [-0.25, -0.2) is 4.79 Å². The van der Waals surface area contributed by atoms with Crippen LogP contribution in [0.3, 0.4) is 0 Å². The second-order valence-electron chi connectivity index (χ2n) is 6.43. The van der Waals surface area contributed by atoms with Gasteiger partial charge in [0.05, 0.1) is 12.5 Å². The number of nitrogens with one attached hydrogen (secondary N) is 1. The highest BCUT2D eigenvalue weighted by molar-refractivity contribution is 7.99. The molecule has 0 saturated carbocycles. The van der Waals surface area contributed by atoms with E-state index >= 15 is 0 Å². The molecular weight excluding hydrogens is 400 g/mol. The molecule has 0 bridgehead atoms. The lowest BCUT2D eigenvalue weighted by Crippen LogP contribution is -2.50. The van der Waals surface area contributed by atoms with E-state index in [4.69, 9.17) is 9.47 Å². The summed E-state index contributed by atoms with van der Waals surface area (Å²) in [6, 6.07) is 9.32. The second-order valence-corrected chi connectivity index (χ2v) is 8.54. The molecule has 3 atom stereocenters. The highest BCUT2D eigenvalue weighted by Gasteiger charge is 2.52. The molecule has 0 unspecified atom stereocenters. The van der Waals surface area contributed by atoms with E-state index in [1.54, 1.807) is 35.3 Å². The van der Waals surface area contributed by atoms with Crippen molar-refractivity contribution in [1.29, 1.82) is 0 Å². The van der Waals surface area contributed by atoms with Crippen molar-refractivity contribution in [2.24, 2.45) is 0 Å². The van der Waals surface area contributed by atoms with Gasteiger partial charge in [0.2, 0.25) is 5.91 Å². The molecule has 7 nitrogen and oxygen atoms in total. The number of carbonyl (C=O) groups excluding carboxylic acids is 3. The van der Waals surface area contributed by atoms with Crippen LogP contribution in [0.1, 0.15) is 12.5 Å². The van der Waals surface area contributed by atoms with Crippen LogP contribution < -0.4 is 5.32 Å². The summed E-state index contributed by atoms with van der Waals surface area (Å²) in [5.74, 6) is 1.67. The van der Waals surface area contributed by atoms with Gasteiger partial charge in [0.15, 0.2) is 12.2 Å². The summed E-state index contributed by atoms with van der Waals surface area (Å²) in [7, 11) is 0. The maximum atomic E-state index is 12.8. The minimum Gasteiger partial charge on any atom is -0.464 e. The predicted molar refractivity (Wildman–Crippen MR) is 109 cm³/mol. The summed E-state index contributed by atoms with van der Waals surface area (Å²) in [4.78, 5) is 38.7. The summed E-state index contributed by atoms with van der Waals surface area (Å²) in [5, 5.41) is 2.78. The summed E-state index contributed by atoms with van der Waals surface area (Å²) in [5.41, 5.74) is 1.16. The minimum atomic E-state index is -0.874. The topological polar surface area (TPSA) is 88.2 Å². The van der Waals surface area contributed by atoms with Crippen LogP contribution in [0.25, 0.3) is 0 Å². The number of ether oxygens (including phenoxy) is 2. The SMILES string of the molecule is CCOC(=O)[C@H]1O[C@@H]1C(=O)N[C@@H](CSCc1ccccc1)C(=O)N1CCSC1. The molecular formula is C19H24N2O5S2. The molecule has 2 fully saturated rings. The Labute approximate surface area is 172 Å². The van der Waals surface area contributed by atoms with Gasteiger partial charge in [0, 0.05) is 23.8 Å². The van der Waals surface area contributed by atoms with Gasteiger partial charge in [0.25, 0.3) is 5.91 Å². The largest absolute Gasteiger partial charge is 0.464 e. The van der Waals surface area contributed by atoms with Gasteiger partial charge < -0.3 is 19.7 Å². The normalized spacial score (nSPS) is 21.8. The number of amides is 2. The quantitative estimate of drug-likeness (QED) is 0.472. The number of epoxide rings is 1. The molecule has 152 valence electrons. The molecule has 2 saturated heterocycles. The summed E-state index contributed by atoms with van der Waals surface area (Å²) in [6.45, 7) is 2.61. The van der Waals surface area contributed by atoms with Gasteiger partial charge in [-0.05, 0) is 12.5 Å². The van der Waals surface area contributed by atoms with Gasteiger partial charge in [-0.15, -0.1) is 11.8 Å². The first-order chi connectivity index (χ1) is 13.6. The summed E-state index contributed by atoms with van der Waals surface area (Å²) in [6.07, 6.45) is -1.74. The fourth-order valence-corrected chi connectivity index (χ4v) is 4.78. The van der Waals surface area contributed by atoms with Crippen molar-refractivity contribution in [1.82, 2.24) is 10.2 Å². The van der Waals surface area contributed by atoms with Crippen molar-refractivity contribution in [2.75, 3.05) is 30.5 Å². The van der Waals surface area contributed by atoms with E-state index in [-0.39, 0.29) is 12.5 Å². The van der Waals surface area contributed by atoms with Crippen LogP contribution in [0.4, 0.5) is 0 Å². The summed E-state index contributed by atoms with van der Waals surface area (Å²) >= 11 is 3.29. The Balaban J connectivity index is 1.55. The van der Waals surface area contributed by atoms with Gasteiger partial charge in [-0.2, -0.15) is 11.8 Å². The van der Waals surface area contributed by atoms with Gasteiger partial charge >= 0.3 is 5.97 Å². The lowest BCUT2D eigenvalue weighted by atomic mass is 10.2. The molecule has 9 heteroatoms. The van der Waals surface area contributed by atoms with Crippen molar-refractivity contribution < 1.29 is 23.9 Å². The van der Waals surface area contributed by atoms with Gasteiger partial charge in [0.1, 0.15) is 6.04 Å². The minimum absolute atomic E-state index is 0.0905. The number of hydrogen-bond acceptors (Lipinski definition) is 7. The first kappa shape index (κ1) is 21.0. The number of rotatable bonds is 9. The van der Waals surface area contributed by atoms with E-state index in [0.29, 0.717) is 18.2 Å². The number of hydrogen-bond donors (Lipinski definition) is 1. The van der Waals surface area contributed by atoms with Crippen LogP contribution in [-0.4, -0.2) is 71.5 Å². The molecule has 28 heavy (non-hydrogen) atoms. The smallest absolute Gasteiger partial charge is 0.338 e. The van der Waals surface area contributed by atoms with Crippen LogP contribution in [0.5, 0.6) is 0 Å². The maximum absolute atomic E-state index is 12.8. The molecule has 1 aromatic rings. The fourth-order valence-electron chi connectivity index (χ4n) is 2.82. The maximum Gasteiger partial charge on any atom is 0.338 e. The van der Waals surface area contributed by atoms with Crippen molar-refractivity contribution in [2.45, 2.75) is 30.9 Å². The molecule has 0 radical (unpaired) electrons. The van der Waals surface area contributed by atoms with E-state index in [1.807, 2.05) is 30.3 Å². The average Bonchev–Trinajstić information content (AvgIpc) is 3.33. The van der Waals surface area contributed by atoms with E-state index < -0.39 is 30.1 Å². The van der Waals surface area contributed by atoms with E-state index in [9.17, 15) is 14.4 Å². The monoisotopic (exact) mass is 424 g/mol. The molecule has 0 aromatic heterocycles. The molecule has 0 aliphatic carbocycles. The third-order valence-electron chi connectivity index (χ3n) is 4.34. The van der Waals surface area contributed by atoms with Gasteiger partial charge in [-0.3, -0.25) is 9.59 Å². The van der Waals surface area contributed by atoms with Crippen molar-refractivity contribution in [3.05, 3.63) is 35.9 Å². The van der Waals surface area contributed by atoms with Crippen molar-refractivity contribution >= 4 is 41.3 Å². The third kappa shape index (κ3) is 5.65. The Bertz CT molecular complexity index is 697. The number of thioether (sulfide) groups is 2. The standard InChI is InChI=1S/C19H24N2O5S2/c1-2-25-19(24)16-15(26-16)17(22)20-14(18(23)21-8-9-27-12-21)11-28-10-13-6-4-3-5-7-13/h3-7,14-16H,2,8-12H2,1H3,(H,20,22)/t14-,15-,16-/m0/s1. The van der Waals surface area contributed by atoms with Crippen LogP contribution in [0.2, 0.25) is 0 Å². The molecule has 1 N–H and O–H groups in total. The molecule has 1 aromatic carbocycles. The highest BCUT2D eigenvalue weighted by Crippen LogP contribution is 2.24. The summed E-state index contributed by atoms with van der Waals surface area (Å²) < 4.78 is 10.0. The molecule has 3 rings (SSSR count). The Kier molecular flexibility index (Phi) is 7.64. The lowest BCUT2D eigenvalue weighted by molar-refractivity contribution is -0.144. The fraction of sp³-hybridized carbons (Fsp3) is 0.526. The van der Waals surface area contributed by atoms with E-state index in [0.717, 1.165) is 17.1 Å². The number of esters is 1. The molecule has 2 heterocycles. The van der Waals surface area contributed by atoms with E-state index in [2.05, 4.69) is 5.32 Å². The van der Waals surface area contributed by atoms with Crippen LogP contribution in [0.15, 0.2) is 30.3 Å². The first-order valence-electron chi connectivity index (χ1n) is 9.20. The van der Waals surface area contributed by atoms with Crippen LogP contribution in [-0.2, 0) is 29.6 Å². The van der Waals surface area contributed by atoms with Crippen molar-refractivity contribution in [3.63, 3.8) is 0 Å². The zero-order valence-electron chi connectivity index (χ0n) is 15.7. The Morgan fingerprint density at radius 1 is 1.32 bits per heavy atom. The second kappa shape index (κ2) is 10.2. The lowest BCUT2D eigenvalue weighted by Gasteiger charge is -2.23. The van der Waals surface area contributed by atoms with Crippen LogP contribution >= 0.6 is 23.5 Å². The Morgan fingerprint density at radius 2 is 2.11 bits per heavy atom. The zero-order valence-corrected chi connectivity index (χ0v) is 17.3. The van der Waals surface area contributed by atoms with E-state index in [1.165, 1.54) is 0 Å². The van der Waals surface area contributed by atoms with Crippen LogP contribution in [0, 0.1) is 0 Å². The predicted octanol–water partition coefficient (Wildman–Crippen LogP) is 1.27. The number of nitrogens with zero attached hydrogens (tertiary/aromatic N) is 1. The molecule has 2 aliphatic rings. The number of benzene rings is 1. The Hall–Kier alpha value is -1.71. The average molecular weight is 425 g/mol. The highest BCUT2D eigenvalue weighted by atomic mass is 32.2. The zero-order chi connectivity index (χ0) is 19.9. The molecule has 2 amide bonds. The van der Waals surface area contributed by atoms with Crippen molar-refractivity contribution in [3.8, 4) is 0 Å². The third-order valence-corrected chi connectivity index (χ3v) is 6.42. The first-order valence-corrected chi connectivity index (χ1v) is 11.5. The Morgan fingerprint density at radius 3 is 2.79 bits per heavy atom. The molecule has 0 spiro atoms.